The standard InChI is InChI=1S/C14H22N2O4S.ClH/c1-10-7-12(19-3)13(20-4)8-14(10)21(17,18)16-6-5-15-11(2)9-16;/h7-8,11,15H,5-6,9H2,1-4H3;1H/t11-;/m0./s1. The van der Waals surface area contributed by atoms with Gasteiger partial charge in [0.15, 0.2) is 11.5 Å². The minimum Gasteiger partial charge on any atom is -0.493 e. The van der Waals surface area contributed by atoms with Crippen LogP contribution in [0.3, 0.4) is 0 Å². The van der Waals surface area contributed by atoms with Crippen LogP contribution >= 0.6 is 12.4 Å². The third kappa shape index (κ3) is 3.65. The molecule has 0 bridgehead atoms. The lowest BCUT2D eigenvalue weighted by atomic mass is 10.2. The SMILES string of the molecule is COc1cc(C)c(S(=O)(=O)N2CCN[C@@H](C)C2)cc1OC.Cl. The van der Waals surface area contributed by atoms with Crippen LogP contribution in [0.25, 0.3) is 0 Å². The van der Waals surface area contributed by atoms with Gasteiger partial charge in [0.25, 0.3) is 0 Å². The number of hydrogen-bond donors (Lipinski definition) is 1. The van der Waals surface area contributed by atoms with E-state index in [0.717, 1.165) is 0 Å². The molecule has 0 spiro atoms. The number of aryl methyl sites for hydroxylation is 1. The van der Waals surface area contributed by atoms with Crippen molar-refractivity contribution < 1.29 is 17.9 Å². The van der Waals surface area contributed by atoms with Crippen molar-refractivity contribution >= 4 is 22.4 Å². The van der Waals surface area contributed by atoms with Gasteiger partial charge in [0, 0.05) is 31.7 Å². The molecule has 0 unspecified atom stereocenters. The first-order chi connectivity index (χ1) is 9.90. The maximum absolute atomic E-state index is 12.8. The number of nitrogens with one attached hydrogen (secondary N) is 1. The highest BCUT2D eigenvalue weighted by Gasteiger charge is 2.30. The normalized spacial score (nSPS) is 19.4. The van der Waals surface area contributed by atoms with Crippen molar-refractivity contribution in [3.05, 3.63) is 17.7 Å². The Hall–Kier alpha value is -1.02. The summed E-state index contributed by atoms with van der Waals surface area (Å²) in [4.78, 5) is 0.272. The zero-order valence-electron chi connectivity index (χ0n) is 13.3. The summed E-state index contributed by atoms with van der Waals surface area (Å²) < 4.78 is 37.6. The average Bonchev–Trinajstić information content (AvgIpc) is 2.46. The monoisotopic (exact) mass is 350 g/mol. The van der Waals surface area contributed by atoms with E-state index < -0.39 is 10.0 Å². The molecule has 0 amide bonds. The highest BCUT2D eigenvalue weighted by Crippen LogP contribution is 2.33. The molecular weight excluding hydrogens is 328 g/mol. The van der Waals surface area contributed by atoms with Gasteiger partial charge in [0.2, 0.25) is 10.0 Å². The number of methoxy groups -OCH3 is 2. The number of ether oxygens (including phenoxy) is 2. The molecule has 126 valence electrons. The zero-order chi connectivity index (χ0) is 15.6. The molecule has 1 aromatic rings. The molecule has 1 atom stereocenters. The molecule has 1 aliphatic rings. The van der Waals surface area contributed by atoms with Gasteiger partial charge in [-0.05, 0) is 25.5 Å². The summed E-state index contributed by atoms with van der Waals surface area (Å²) in [5.41, 5.74) is 0.652. The van der Waals surface area contributed by atoms with Gasteiger partial charge in [-0.3, -0.25) is 0 Å². The average molecular weight is 351 g/mol. The second-order valence-electron chi connectivity index (χ2n) is 5.19. The Labute approximate surface area is 138 Å². The van der Waals surface area contributed by atoms with Crippen molar-refractivity contribution in [3.8, 4) is 11.5 Å². The summed E-state index contributed by atoms with van der Waals surface area (Å²) in [6.07, 6.45) is 0. The number of piperazine rings is 1. The molecule has 1 aromatic carbocycles. The quantitative estimate of drug-likeness (QED) is 0.889. The van der Waals surface area contributed by atoms with E-state index in [-0.39, 0.29) is 23.3 Å². The second kappa shape index (κ2) is 7.50. The molecule has 1 heterocycles. The van der Waals surface area contributed by atoms with Crippen LogP contribution in [-0.4, -0.2) is 52.6 Å². The van der Waals surface area contributed by atoms with Gasteiger partial charge in [0.1, 0.15) is 0 Å². The largest absolute Gasteiger partial charge is 0.493 e. The van der Waals surface area contributed by atoms with Crippen molar-refractivity contribution in [1.29, 1.82) is 0 Å². The molecule has 0 aliphatic carbocycles. The van der Waals surface area contributed by atoms with Gasteiger partial charge in [-0.1, -0.05) is 0 Å². The van der Waals surface area contributed by atoms with E-state index in [0.29, 0.717) is 36.7 Å². The predicted molar refractivity (Wildman–Crippen MR) is 87.8 cm³/mol. The Bertz CT molecular complexity index is 622. The van der Waals surface area contributed by atoms with Crippen molar-refractivity contribution in [2.24, 2.45) is 0 Å². The summed E-state index contributed by atoms with van der Waals surface area (Å²) in [6.45, 7) is 5.34. The number of sulfonamides is 1. The first-order valence-corrected chi connectivity index (χ1v) is 8.30. The summed E-state index contributed by atoms with van der Waals surface area (Å²) in [5.74, 6) is 0.951. The molecule has 1 aliphatic heterocycles. The molecule has 1 saturated heterocycles. The van der Waals surface area contributed by atoms with E-state index in [1.807, 2.05) is 6.92 Å². The molecule has 1 N–H and O–H groups in total. The molecule has 2 rings (SSSR count). The Balaban J connectivity index is 0.00000242. The number of halogens is 1. The van der Waals surface area contributed by atoms with Gasteiger partial charge >= 0.3 is 0 Å². The number of rotatable bonds is 4. The highest BCUT2D eigenvalue weighted by molar-refractivity contribution is 7.89. The predicted octanol–water partition coefficient (Wildman–Crippen LogP) is 1.42. The smallest absolute Gasteiger partial charge is 0.243 e. The first-order valence-electron chi connectivity index (χ1n) is 6.86. The van der Waals surface area contributed by atoms with E-state index in [4.69, 9.17) is 9.47 Å². The number of hydrogen-bond acceptors (Lipinski definition) is 5. The van der Waals surface area contributed by atoms with Gasteiger partial charge < -0.3 is 14.8 Å². The van der Waals surface area contributed by atoms with Crippen LogP contribution in [0.15, 0.2) is 17.0 Å². The van der Waals surface area contributed by atoms with Gasteiger partial charge in [0.05, 0.1) is 19.1 Å². The molecule has 8 heteroatoms. The summed E-state index contributed by atoms with van der Waals surface area (Å²) in [7, 11) is -0.498. The Kier molecular flexibility index (Phi) is 6.49. The number of nitrogens with zero attached hydrogens (tertiary/aromatic N) is 1. The van der Waals surface area contributed by atoms with Crippen molar-refractivity contribution in [1.82, 2.24) is 9.62 Å². The van der Waals surface area contributed by atoms with E-state index in [1.54, 1.807) is 13.0 Å². The maximum atomic E-state index is 12.8. The van der Waals surface area contributed by atoms with Crippen LogP contribution in [0.1, 0.15) is 12.5 Å². The van der Waals surface area contributed by atoms with Crippen LogP contribution in [0, 0.1) is 6.92 Å². The molecule has 1 fully saturated rings. The van der Waals surface area contributed by atoms with Crippen LogP contribution in [-0.2, 0) is 10.0 Å². The molecule has 0 aromatic heterocycles. The fourth-order valence-corrected chi connectivity index (χ4v) is 4.25. The third-order valence-corrected chi connectivity index (χ3v) is 5.64. The lowest BCUT2D eigenvalue weighted by molar-refractivity contribution is 0.309. The molecule has 0 saturated carbocycles. The first kappa shape index (κ1) is 19.0. The summed E-state index contributed by atoms with van der Waals surface area (Å²) >= 11 is 0. The highest BCUT2D eigenvalue weighted by atomic mass is 35.5. The minimum atomic E-state index is -3.53. The van der Waals surface area contributed by atoms with E-state index >= 15 is 0 Å². The fourth-order valence-electron chi connectivity index (χ4n) is 2.49. The lowest BCUT2D eigenvalue weighted by Crippen LogP contribution is -2.51. The topological polar surface area (TPSA) is 67.9 Å². The molecule has 0 radical (unpaired) electrons. The number of benzene rings is 1. The molecule has 22 heavy (non-hydrogen) atoms. The van der Waals surface area contributed by atoms with Gasteiger partial charge in [-0.15, -0.1) is 12.4 Å². The van der Waals surface area contributed by atoms with Crippen molar-refractivity contribution in [2.75, 3.05) is 33.9 Å². The summed E-state index contributed by atoms with van der Waals surface area (Å²) in [6, 6.07) is 3.38. The second-order valence-corrected chi connectivity index (χ2v) is 7.10. The summed E-state index contributed by atoms with van der Waals surface area (Å²) in [5, 5.41) is 3.24. The van der Waals surface area contributed by atoms with E-state index in [9.17, 15) is 8.42 Å². The third-order valence-electron chi connectivity index (χ3n) is 3.63. The Morgan fingerprint density at radius 2 is 1.82 bits per heavy atom. The van der Waals surface area contributed by atoms with Gasteiger partial charge in [-0.2, -0.15) is 4.31 Å². The zero-order valence-corrected chi connectivity index (χ0v) is 14.9. The fraction of sp³-hybridized carbons (Fsp3) is 0.571. The Morgan fingerprint density at radius 3 is 2.36 bits per heavy atom. The van der Waals surface area contributed by atoms with E-state index in [2.05, 4.69) is 5.32 Å². The van der Waals surface area contributed by atoms with Crippen LogP contribution in [0.5, 0.6) is 11.5 Å². The lowest BCUT2D eigenvalue weighted by Gasteiger charge is -2.31. The Morgan fingerprint density at radius 1 is 1.23 bits per heavy atom. The van der Waals surface area contributed by atoms with Crippen LogP contribution in [0.2, 0.25) is 0 Å². The minimum absolute atomic E-state index is 0. The van der Waals surface area contributed by atoms with E-state index in [1.165, 1.54) is 24.6 Å². The van der Waals surface area contributed by atoms with Crippen LogP contribution in [0.4, 0.5) is 0 Å². The maximum Gasteiger partial charge on any atom is 0.243 e. The van der Waals surface area contributed by atoms with Crippen LogP contribution < -0.4 is 14.8 Å². The van der Waals surface area contributed by atoms with Crippen molar-refractivity contribution in [3.63, 3.8) is 0 Å². The molecular formula is C14H23ClN2O4S. The van der Waals surface area contributed by atoms with Crippen molar-refractivity contribution in [2.45, 2.75) is 24.8 Å². The van der Waals surface area contributed by atoms with Gasteiger partial charge in [-0.25, -0.2) is 8.42 Å². The molecule has 6 nitrogen and oxygen atoms in total.